The van der Waals surface area contributed by atoms with Crippen molar-refractivity contribution in [3.05, 3.63) is 30.0 Å². The van der Waals surface area contributed by atoms with E-state index in [4.69, 9.17) is 4.74 Å². The number of nitrogens with one attached hydrogen (secondary N) is 1. The van der Waals surface area contributed by atoms with Gasteiger partial charge in [-0.25, -0.2) is 14.6 Å². The van der Waals surface area contributed by atoms with Crippen LogP contribution in [-0.4, -0.2) is 41.3 Å². The zero-order valence-corrected chi connectivity index (χ0v) is 15.5. The highest BCUT2D eigenvalue weighted by molar-refractivity contribution is 5.98. The van der Waals surface area contributed by atoms with Crippen LogP contribution in [0.1, 0.15) is 43.2 Å². The molecule has 0 fully saturated rings. The number of hydrogen-bond acceptors (Lipinski definition) is 5. The molecule has 0 saturated heterocycles. The van der Waals surface area contributed by atoms with Gasteiger partial charge in [0.05, 0.1) is 5.69 Å². The van der Waals surface area contributed by atoms with Gasteiger partial charge in [0.15, 0.2) is 5.69 Å². The number of aromatic carboxylic acids is 1. The lowest BCUT2D eigenvalue weighted by molar-refractivity contribution is -0.137. The molecule has 0 unspecified atom stereocenters. The Balaban J connectivity index is 3.45. The van der Waals surface area contributed by atoms with E-state index < -0.39 is 46.6 Å². The molecular formula is C17H22F3N3O4. The first-order chi connectivity index (χ1) is 12.3. The van der Waals surface area contributed by atoms with Gasteiger partial charge >= 0.3 is 18.2 Å². The van der Waals surface area contributed by atoms with Gasteiger partial charge in [0.25, 0.3) is 0 Å². The van der Waals surface area contributed by atoms with E-state index in [9.17, 15) is 27.9 Å². The van der Waals surface area contributed by atoms with Gasteiger partial charge < -0.3 is 14.7 Å². The van der Waals surface area contributed by atoms with Crippen molar-refractivity contribution in [3.8, 4) is 0 Å². The summed E-state index contributed by atoms with van der Waals surface area (Å²) in [7, 11) is 1.35. The summed E-state index contributed by atoms with van der Waals surface area (Å²) in [6, 6.07) is 0.542. The minimum absolute atomic E-state index is 0.150. The van der Waals surface area contributed by atoms with E-state index in [1.54, 1.807) is 20.8 Å². The Bertz CT molecular complexity index is 727. The largest absolute Gasteiger partial charge is 0.476 e. The number of amides is 1. The fourth-order valence-electron chi connectivity index (χ4n) is 2.07. The standard InChI is InChI=1S/C17H22F3N3O4/c1-6-7-8-23(5)13-10(17(18,19)20)9-11(12(22-13)14(24)25)21-15(26)27-16(2,3)4/h6,9H,1,7-8H2,2-5H3,(H,21,26)(H,24,25). The Labute approximate surface area is 154 Å². The van der Waals surface area contributed by atoms with Gasteiger partial charge in [-0.2, -0.15) is 13.2 Å². The minimum Gasteiger partial charge on any atom is -0.476 e. The number of nitrogens with zero attached hydrogens (tertiary/aromatic N) is 2. The molecule has 0 radical (unpaired) electrons. The lowest BCUT2D eigenvalue weighted by Crippen LogP contribution is -2.29. The molecule has 1 heterocycles. The second kappa shape index (κ2) is 8.28. The smallest absolute Gasteiger partial charge is 0.420 e. The monoisotopic (exact) mass is 389 g/mol. The maximum absolute atomic E-state index is 13.5. The average Bonchev–Trinajstić information content (AvgIpc) is 2.49. The number of carboxylic acids is 1. The van der Waals surface area contributed by atoms with E-state index in [2.05, 4.69) is 11.6 Å². The van der Waals surface area contributed by atoms with Gasteiger partial charge in [-0.1, -0.05) is 6.08 Å². The molecule has 1 aromatic heterocycles. The third-order valence-corrected chi connectivity index (χ3v) is 3.18. The fraction of sp³-hybridized carbons (Fsp3) is 0.471. The predicted octanol–water partition coefficient (Wildman–Crippen LogP) is 4.16. The molecule has 0 aliphatic carbocycles. The minimum atomic E-state index is -4.81. The first-order valence-corrected chi connectivity index (χ1v) is 7.94. The number of anilines is 2. The SMILES string of the molecule is C=CCCN(C)c1nc(C(=O)O)c(NC(=O)OC(C)(C)C)cc1C(F)(F)F. The molecule has 0 aliphatic rings. The summed E-state index contributed by atoms with van der Waals surface area (Å²) in [6.07, 6.45) is -4.02. The van der Waals surface area contributed by atoms with Crippen LogP contribution in [0.5, 0.6) is 0 Å². The van der Waals surface area contributed by atoms with Gasteiger partial charge in [-0.05, 0) is 33.3 Å². The van der Waals surface area contributed by atoms with Crippen molar-refractivity contribution < 1.29 is 32.6 Å². The highest BCUT2D eigenvalue weighted by Crippen LogP contribution is 2.38. The van der Waals surface area contributed by atoms with Crippen LogP contribution in [0.3, 0.4) is 0 Å². The van der Waals surface area contributed by atoms with Crippen molar-refractivity contribution in [2.24, 2.45) is 0 Å². The molecule has 1 rings (SSSR count). The van der Waals surface area contributed by atoms with Crippen LogP contribution in [0.25, 0.3) is 0 Å². The van der Waals surface area contributed by atoms with Gasteiger partial charge in [0.1, 0.15) is 17.0 Å². The van der Waals surface area contributed by atoms with E-state index in [1.807, 2.05) is 5.32 Å². The summed E-state index contributed by atoms with van der Waals surface area (Å²) in [5.74, 6) is -2.15. The van der Waals surface area contributed by atoms with Crippen LogP contribution in [0, 0.1) is 0 Å². The van der Waals surface area contributed by atoms with Crippen LogP contribution in [-0.2, 0) is 10.9 Å². The van der Waals surface area contributed by atoms with Crippen LogP contribution in [0.15, 0.2) is 18.7 Å². The Morgan fingerprint density at radius 2 is 1.96 bits per heavy atom. The molecule has 0 saturated carbocycles. The summed E-state index contributed by atoms with van der Waals surface area (Å²) in [5, 5.41) is 11.3. The van der Waals surface area contributed by atoms with E-state index >= 15 is 0 Å². The van der Waals surface area contributed by atoms with E-state index in [1.165, 1.54) is 18.0 Å². The summed E-state index contributed by atoms with van der Waals surface area (Å²) < 4.78 is 45.4. The Kier molecular flexibility index (Phi) is 6.82. The number of aromatic nitrogens is 1. The third kappa shape index (κ3) is 6.46. The predicted molar refractivity (Wildman–Crippen MR) is 94.1 cm³/mol. The van der Waals surface area contributed by atoms with Crippen LogP contribution in [0.4, 0.5) is 29.5 Å². The van der Waals surface area contributed by atoms with E-state index in [-0.39, 0.29) is 6.54 Å². The number of alkyl halides is 3. The highest BCUT2D eigenvalue weighted by atomic mass is 19.4. The Morgan fingerprint density at radius 3 is 2.41 bits per heavy atom. The lowest BCUT2D eigenvalue weighted by atomic mass is 10.1. The summed E-state index contributed by atoms with van der Waals surface area (Å²) in [5.41, 5.74) is -3.43. The van der Waals surface area contributed by atoms with E-state index in [0.29, 0.717) is 12.5 Å². The highest BCUT2D eigenvalue weighted by Gasteiger charge is 2.37. The van der Waals surface area contributed by atoms with Crippen molar-refractivity contribution >= 4 is 23.6 Å². The topological polar surface area (TPSA) is 91.8 Å². The number of pyridine rings is 1. The summed E-state index contributed by atoms with van der Waals surface area (Å²) >= 11 is 0. The van der Waals surface area contributed by atoms with Gasteiger partial charge in [0.2, 0.25) is 0 Å². The van der Waals surface area contributed by atoms with Crippen molar-refractivity contribution in [3.63, 3.8) is 0 Å². The number of hydrogen-bond donors (Lipinski definition) is 2. The van der Waals surface area contributed by atoms with Crippen LogP contribution in [0.2, 0.25) is 0 Å². The zero-order chi connectivity index (χ0) is 21.0. The van der Waals surface area contributed by atoms with Crippen molar-refractivity contribution in [1.29, 1.82) is 0 Å². The van der Waals surface area contributed by atoms with Crippen molar-refractivity contribution in [2.45, 2.75) is 39.0 Å². The van der Waals surface area contributed by atoms with Crippen molar-refractivity contribution in [2.75, 3.05) is 23.8 Å². The maximum atomic E-state index is 13.5. The number of rotatable bonds is 6. The molecule has 0 aromatic carbocycles. The molecule has 27 heavy (non-hydrogen) atoms. The molecule has 0 bridgehead atoms. The molecule has 0 spiro atoms. The molecular weight excluding hydrogens is 367 g/mol. The molecule has 2 N–H and O–H groups in total. The normalized spacial score (nSPS) is 11.7. The van der Waals surface area contributed by atoms with Crippen molar-refractivity contribution in [1.82, 2.24) is 4.98 Å². The van der Waals surface area contributed by atoms with E-state index in [0.717, 1.165) is 0 Å². The molecule has 0 atom stereocenters. The average molecular weight is 389 g/mol. The second-order valence-corrected chi connectivity index (χ2v) is 6.68. The van der Waals surface area contributed by atoms with Gasteiger partial charge in [0, 0.05) is 13.6 Å². The number of carbonyl (C=O) groups is 2. The van der Waals surface area contributed by atoms with Crippen LogP contribution < -0.4 is 10.2 Å². The molecule has 150 valence electrons. The number of carbonyl (C=O) groups excluding carboxylic acids is 1. The molecule has 7 nitrogen and oxygen atoms in total. The fourth-order valence-corrected chi connectivity index (χ4v) is 2.07. The zero-order valence-electron chi connectivity index (χ0n) is 15.5. The number of halogens is 3. The van der Waals surface area contributed by atoms with Gasteiger partial charge in [-0.15, -0.1) is 6.58 Å². The summed E-state index contributed by atoms with van der Waals surface area (Å²) in [6.45, 7) is 8.32. The molecule has 0 aliphatic heterocycles. The first kappa shape index (κ1) is 22.3. The van der Waals surface area contributed by atoms with Gasteiger partial charge in [-0.3, -0.25) is 5.32 Å². The Hall–Kier alpha value is -2.78. The maximum Gasteiger partial charge on any atom is 0.420 e. The van der Waals surface area contributed by atoms with Crippen LogP contribution >= 0.6 is 0 Å². The quantitative estimate of drug-likeness (QED) is 0.710. The first-order valence-electron chi connectivity index (χ1n) is 7.94. The lowest BCUT2D eigenvalue weighted by Gasteiger charge is -2.24. The molecule has 1 amide bonds. The second-order valence-electron chi connectivity index (χ2n) is 6.68. The molecule has 1 aromatic rings. The molecule has 10 heteroatoms. The number of ether oxygens (including phenoxy) is 1. The number of carboxylic acid groups (broad SMARTS) is 1. The summed E-state index contributed by atoms with van der Waals surface area (Å²) in [4.78, 5) is 28.2. The Morgan fingerprint density at radius 1 is 1.37 bits per heavy atom. The third-order valence-electron chi connectivity index (χ3n) is 3.18.